The largest absolute Gasteiger partial charge is 0.466 e. The Balaban J connectivity index is 1.49. The van der Waals surface area contributed by atoms with Crippen LogP contribution in [0.3, 0.4) is 0 Å². The SMILES string of the molecule is CCOC(=O)C[C@H](CC(=O)C(CC(C)C)n1cc(CCN2CC3(CCCC3)C2)c(C)cc1=O)c1c(F)c(C)cc(-c2c(C)cccc2C)c1F. The van der Waals surface area contributed by atoms with Crippen LogP contribution in [0.15, 0.2) is 41.3 Å². The fraction of sp³-hybridized carbons (Fsp3) is 0.548. The quantitative estimate of drug-likeness (QED) is 0.159. The van der Waals surface area contributed by atoms with E-state index in [9.17, 15) is 14.4 Å². The van der Waals surface area contributed by atoms with Gasteiger partial charge in [-0.25, -0.2) is 8.78 Å². The van der Waals surface area contributed by atoms with E-state index in [0.29, 0.717) is 17.4 Å². The normalized spacial score (nSPS) is 16.8. The Bertz CT molecular complexity index is 1760. The minimum absolute atomic E-state index is 0.0517. The van der Waals surface area contributed by atoms with Crippen molar-refractivity contribution in [3.05, 3.63) is 91.9 Å². The Hall–Kier alpha value is -3.65. The van der Waals surface area contributed by atoms with Crippen molar-refractivity contribution in [2.75, 3.05) is 26.2 Å². The smallest absolute Gasteiger partial charge is 0.306 e. The molecule has 6 nitrogen and oxygen atoms in total. The van der Waals surface area contributed by atoms with E-state index in [1.165, 1.54) is 36.3 Å². The summed E-state index contributed by atoms with van der Waals surface area (Å²) in [5, 5.41) is 0. The summed E-state index contributed by atoms with van der Waals surface area (Å²) >= 11 is 0. The molecule has 2 aromatic carbocycles. The van der Waals surface area contributed by atoms with Crippen molar-refractivity contribution in [2.45, 2.75) is 112 Å². The second-order valence-electron chi connectivity index (χ2n) is 15.5. The summed E-state index contributed by atoms with van der Waals surface area (Å²) in [6.45, 7) is 16.1. The molecule has 1 spiro atoms. The van der Waals surface area contributed by atoms with Gasteiger partial charge in [0.25, 0.3) is 5.56 Å². The van der Waals surface area contributed by atoms with Gasteiger partial charge in [0.15, 0.2) is 5.78 Å². The number of aromatic nitrogens is 1. The molecule has 1 aliphatic carbocycles. The number of likely N-dealkylation sites (tertiary alicyclic amines) is 1. The molecule has 1 aromatic heterocycles. The third-order valence-corrected chi connectivity index (χ3v) is 11.0. The molecule has 8 heteroatoms. The molecular weight excluding hydrogens is 634 g/mol. The van der Waals surface area contributed by atoms with E-state index < -0.39 is 29.6 Å². The topological polar surface area (TPSA) is 68.6 Å². The first-order chi connectivity index (χ1) is 23.7. The molecule has 0 bridgehead atoms. The predicted molar refractivity (Wildman–Crippen MR) is 195 cm³/mol. The van der Waals surface area contributed by atoms with E-state index in [0.717, 1.165) is 48.3 Å². The maximum absolute atomic E-state index is 16.7. The number of aryl methyl sites for hydroxylation is 4. The van der Waals surface area contributed by atoms with Gasteiger partial charge in [0, 0.05) is 55.4 Å². The molecule has 0 radical (unpaired) electrons. The van der Waals surface area contributed by atoms with Gasteiger partial charge in [0.1, 0.15) is 11.6 Å². The summed E-state index contributed by atoms with van der Waals surface area (Å²) in [5.41, 5.74) is 4.59. The number of benzene rings is 2. The average Bonchev–Trinajstić information content (AvgIpc) is 3.52. The third kappa shape index (κ3) is 8.11. The van der Waals surface area contributed by atoms with Gasteiger partial charge in [0.05, 0.1) is 19.1 Å². The molecule has 270 valence electrons. The highest BCUT2D eigenvalue weighted by atomic mass is 19.1. The molecule has 1 saturated carbocycles. The van der Waals surface area contributed by atoms with Crippen LogP contribution in [0.4, 0.5) is 8.78 Å². The highest BCUT2D eigenvalue weighted by Gasteiger charge is 2.44. The van der Waals surface area contributed by atoms with E-state index >= 15 is 8.78 Å². The first kappa shape index (κ1) is 37.6. The Morgan fingerprint density at radius 3 is 2.20 bits per heavy atom. The lowest BCUT2D eigenvalue weighted by atomic mass is 9.78. The number of halogens is 2. The Morgan fingerprint density at radius 1 is 0.920 bits per heavy atom. The molecule has 2 atom stereocenters. The highest BCUT2D eigenvalue weighted by molar-refractivity contribution is 5.85. The van der Waals surface area contributed by atoms with Crippen LogP contribution >= 0.6 is 0 Å². The molecule has 2 aliphatic rings. The van der Waals surface area contributed by atoms with Crippen LogP contribution in [0.1, 0.15) is 111 Å². The maximum Gasteiger partial charge on any atom is 0.306 e. The summed E-state index contributed by atoms with van der Waals surface area (Å²) < 4.78 is 39.6. The summed E-state index contributed by atoms with van der Waals surface area (Å²) in [5.74, 6) is -3.62. The molecule has 2 fully saturated rings. The number of nitrogens with zero attached hydrogens (tertiary/aromatic N) is 2. The molecular formula is C42H54F2N2O4. The van der Waals surface area contributed by atoms with Crippen LogP contribution in [0.5, 0.6) is 0 Å². The van der Waals surface area contributed by atoms with E-state index in [2.05, 4.69) is 4.90 Å². The minimum atomic E-state index is -1.13. The molecule has 5 rings (SSSR count). The van der Waals surface area contributed by atoms with Crippen molar-refractivity contribution in [3.8, 4) is 11.1 Å². The van der Waals surface area contributed by atoms with Crippen LogP contribution in [0, 0.1) is 50.7 Å². The van der Waals surface area contributed by atoms with Gasteiger partial charge in [-0.1, -0.05) is 44.9 Å². The Labute approximate surface area is 296 Å². The molecule has 2 heterocycles. The van der Waals surface area contributed by atoms with Gasteiger partial charge < -0.3 is 14.2 Å². The van der Waals surface area contributed by atoms with E-state index in [1.807, 2.05) is 59.0 Å². The van der Waals surface area contributed by atoms with E-state index in [1.54, 1.807) is 19.9 Å². The van der Waals surface area contributed by atoms with E-state index in [4.69, 9.17) is 4.74 Å². The molecule has 1 unspecified atom stereocenters. The number of ether oxygens (including phenoxy) is 1. The van der Waals surface area contributed by atoms with Gasteiger partial charge in [-0.05, 0) is 111 Å². The van der Waals surface area contributed by atoms with Crippen LogP contribution in [0.2, 0.25) is 0 Å². The standard InChI is InChI=1S/C42H54F2N2O4/c1-8-50-37(49)22-32(39-40(43)30(7)19-33(41(39)44)38-27(4)12-11-13-28(38)5)21-35(47)34(18-26(2)3)46-23-31(29(6)20-36(46)48)14-17-45-24-42(25-45)15-9-10-16-42/h11-13,19-20,23,26,32,34H,8-10,14-18,21-22,24-25H2,1-7H3/t32-,34?/m0/s1. The fourth-order valence-electron chi connectivity index (χ4n) is 8.47. The molecule has 0 N–H and O–H groups in total. The number of esters is 1. The second-order valence-corrected chi connectivity index (χ2v) is 15.5. The lowest BCUT2D eigenvalue weighted by Crippen LogP contribution is -2.55. The number of carbonyl (C=O) groups is 2. The summed E-state index contributed by atoms with van der Waals surface area (Å²) in [6.07, 6.45) is 7.51. The third-order valence-electron chi connectivity index (χ3n) is 11.0. The summed E-state index contributed by atoms with van der Waals surface area (Å²) in [6, 6.07) is 7.87. The molecule has 1 aliphatic heterocycles. The van der Waals surface area contributed by atoms with Crippen molar-refractivity contribution < 1.29 is 23.1 Å². The van der Waals surface area contributed by atoms with Gasteiger partial charge in [-0.3, -0.25) is 14.4 Å². The maximum atomic E-state index is 16.7. The lowest BCUT2D eigenvalue weighted by molar-refractivity contribution is -0.143. The fourth-order valence-corrected chi connectivity index (χ4v) is 8.47. The molecule has 3 aromatic rings. The number of ketones is 1. The van der Waals surface area contributed by atoms with Crippen LogP contribution in [0.25, 0.3) is 11.1 Å². The first-order valence-corrected chi connectivity index (χ1v) is 18.4. The molecule has 50 heavy (non-hydrogen) atoms. The number of hydrogen-bond acceptors (Lipinski definition) is 5. The van der Waals surface area contributed by atoms with Crippen LogP contribution in [-0.4, -0.2) is 47.5 Å². The predicted octanol–water partition coefficient (Wildman–Crippen LogP) is 8.73. The minimum Gasteiger partial charge on any atom is -0.466 e. The second kappa shape index (κ2) is 15.7. The van der Waals surface area contributed by atoms with Crippen molar-refractivity contribution in [1.29, 1.82) is 0 Å². The number of hydrogen-bond donors (Lipinski definition) is 0. The Kier molecular flexibility index (Phi) is 11.8. The molecule has 1 saturated heterocycles. The first-order valence-electron chi connectivity index (χ1n) is 18.4. The van der Waals surface area contributed by atoms with E-state index in [-0.39, 0.29) is 53.4 Å². The van der Waals surface area contributed by atoms with Gasteiger partial charge in [0.2, 0.25) is 0 Å². The number of rotatable bonds is 14. The lowest BCUT2D eigenvalue weighted by Gasteiger charge is -2.48. The number of pyridine rings is 1. The zero-order valence-corrected chi connectivity index (χ0v) is 31.0. The number of carbonyl (C=O) groups excluding carboxylic acids is 2. The Morgan fingerprint density at radius 2 is 1.58 bits per heavy atom. The average molecular weight is 689 g/mol. The number of Topliss-reactive ketones (excluding diaryl/α,β-unsaturated/α-hetero) is 1. The zero-order chi connectivity index (χ0) is 36.3. The highest BCUT2D eigenvalue weighted by Crippen LogP contribution is 2.45. The van der Waals surface area contributed by atoms with Gasteiger partial charge in [-0.15, -0.1) is 0 Å². The van der Waals surface area contributed by atoms with Gasteiger partial charge >= 0.3 is 5.97 Å². The van der Waals surface area contributed by atoms with Crippen molar-refractivity contribution in [2.24, 2.45) is 11.3 Å². The van der Waals surface area contributed by atoms with Crippen molar-refractivity contribution >= 4 is 11.8 Å². The van der Waals surface area contributed by atoms with Crippen LogP contribution < -0.4 is 5.56 Å². The molecule has 0 amide bonds. The monoisotopic (exact) mass is 688 g/mol. The van der Waals surface area contributed by atoms with Gasteiger partial charge in [-0.2, -0.15) is 0 Å². The zero-order valence-electron chi connectivity index (χ0n) is 31.0. The summed E-state index contributed by atoms with van der Waals surface area (Å²) in [4.78, 5) is 43.4. The van der Waals surface area contributed by atoms with Crippen molar-refractivity contribution in [3.63, 3.8) is 0 Å². The summed E-state index contributed by atoms with van der Waals surface area (Å²) in [7, 11) is 0. The van der Waals surface area contributed by atoms with Crippen LogP contribution in [-0.2, 0) is 20.7 Å². The van der Waals surface area contributed by atoms with Crippen molar-refractivity contribution in [1.82, 2.24) is 9.47 Å².